The molecule has 6 unspecified atom stereocenters. The van der Waals surface area contributed by atoms with Gasteiger partial charge in [0.25, 0.3) is 0 Å². The largest absolute Gasteiger partial charge is 0.481 e. The highest BCUT2D eigenvalue weighted by Crippen LogP contribution is 2.52. The van der Waals surface area contributed by atoms with Gasteiger partial charge in [0, 0.05) is 0 Å². The molecule has 6 atom stereocenters. The second-order valence-electron chi connectivity index (χ2n) is 6.73. The second kappa shape index (κ2) is 6.15. The highest BCUT2D eigenvalue weighted by molar-refractivity contribution is 5.73. The smallest absolute Gasteiger partial charge is 0.306 e. The van der Waals surface area contributed by atoms with E-state index in [1.165, 1.54) is 0 Å². The molecule has 0 heterocycles. The highest BCUT2D eigenvalue weighted by atomic mass is 16.4. The molecule has 2 aliphatic carbocycles. The zero-order valence-corrected chi connectivity index (χ0v) is 12.4. The number of rotatable bonds is 4. The Labute approximate surface area is 120 Å². The zero-order chi connectivity index (χ0) is 14.9. The standard InChI is InChI=1S/C16H26O4/c1-3-5-10-9(2)8-13(16(19)20)11-6-4-7-12(14(10)11)15(17)18/h9-14H,3-8H2,1-2H3,(H,17,18)(H,19,20). The molecule has 2 aliphatic rings. The number of carbonyl (C=O) groups is 2. The van der Waals surface area contributed by atoms with Crippen LogP contribution in [0.3, 0.4) is 0 Å². The van der Waals surface area contributed by atoms with E-state index in [-0.39, 0.29) is 23.7 Å². The molecule has 0 aliphatic heterocycles. The molecule has 114 valence electrons. The van der Waals surface area contributed by atoms with E-state index < -0.39 is 11.9 Å². The maximum Gasteiger partial charge on any atom is 0.306 e. The summed E-state index contributed by atoms with van der Waals surface area (Å²) in [6, 6.07) is 0. The maximum absolute atomic E-state index is 11.6. The molecule has 0 aromatic rings. The predicted octanol–water partition coefficient (Wildman–Crippen LogP) is 3.26. The van der Waals surface area contributed by atoms with Crippen LogP contribution in [0, 0.1) is 35.5 Å². The predicted molar refractivity (Wildman–Crippen MR) is 75.3 cm³/mol. The number of hydrogen-bond donors (Lipinski definition) is 2. The molecule has 0 amide bonds. The summed E-state index contributed by atoms with van der Waals surface area (Å²) in [5, 5.41) is 19.0. The van der Waals surface area contributed by atoms with Crippen LogP contribution in [-0.2, 0) is 9.59 Å². The van der Waals surface area contributed by atoms with Gasteiger partial charge in [0.1, 0.15) is 0 Å². The topological polar surface area (TPSA) is 74.6 Å². The van der Waals surface area contributed by atoms with Gasteiger partial charge in [0.05, 0.1) is 11.8 Å². The van der Waals surface area contributed by atoms with Gasteiger partial charge in [-0.15, -0.1) is 0 Å². The molecule has 4 heteroatoms. The molecule has 0 aromatic carbocycles. The Hall–Kier alpha value is -1.06. The SMILES string of the molecule is CCCC1C(C)CC(C(=O)O)C2CCCC(C(=O)O)C12. The fourth-order valence-corrected chi connectivity index (χ4v) is 4.85. The van der Waals surface area contributed by atoms with Crippen molar-refractivity contribution in [3.63, 3.8) is 0 Å². The fourth-order valence-electron chi connectivity index (χ4n) is 4.85. The molecular formula is C16H26O4. The number of fused-ring (bicyclic) bond motifs is 1. The van der Waals surface area contributed by atoms with Crippen LogP contribution in [0.1, 0.15) is 52.4 Å². The molecule has 0 radical (unpaired) electrons. The number of carboxylic acids is 2. The maximum atomic E-state index is 11.6. The van der Waals surface area contributed by atoms with Crippen LogP contribution in [0.4, 0.5) is 0 Å². The van der Waals surface area contributed by atoms with Crippen molar-refractivity contribution in [2.24, 2.45) is 35.5 Å². The zero-order valence-electron chi connectivity index (χ0n) is 12.4. The summed E-state index contributed by atoms with van der Waals surface area (Å²) in [5.41, 5.74) is 0. The van der Waals surface area contributed by atoms with E-state index in [1.807, 2.05) is 0 Å². The summed E-state index contributed by atoms with van der Waals surface area (Å²) in [6.07, 6.45) is 5.25. The van der Waals surface area contributed by atoms with E-state index >= 15 is 0 Å². The van der Waals surface area contributed by atoms with E-state index in [0.29, 0.717) is 18.3 Å². The minimum atomic E-state index is -0.729. The lowest BCUT2D eigenvalue weighted by Gasteiger charge is -2.50. The van der Waals surface area contributed by atoms with Gasteiger partial charge in [-0.05, 0) is 42.9 Å². The van der Waals surface area contributed by atoms with Gasteiger partial charge >= 0.3 is 11.9 Å². The van der Waals surface area contributed by atoms with Crippen molar-refractivity contribution in [2.45, 2.75) is 52.4 Å². The van der Waals surface area contributed by atoms with Gasteiger partial charge < -0.3 is 10.2 Å². The minimum Gasteiger partial charge on any atom is -0.481 e. The van der Waals surface area contributed by atoms with Crippen LogP contribution in [0.5, 0.6) is 0 Å². The highest BCUT2D eigenvalue weighted by Gasteiger charge is 2.51. The van der Waals surface area contributed by atoms with Crippen molar-refractivity contribution in [2.75, 3.05) is 0 Å². The third kappa shape index (κ3) is 2.70. The molecule has 2 saturated carbocycles. The summed E-state index contributed by atoms with van der Waals surface area (Å²) in [4.78, 5) is 23.1. The summed E-state index contributed by atoms with van der Waals surface area (Å²) in [5.74, 6) is -1.31. The van der Waals surface area contributed by atoms with Crippen molar-refractivity contribution in [1.29, 1.82) is 0 Å². The molecule has 2 N–H and O–H groups in total. The summed E-state index contributed by atoms with van der Waals surface area (Å²) in [6.45, 7) is 4.24. The molecule has 0 saturated heterocycles. The van der Waals surface area contributed by atoms with Crippen molar-refractivity contribution in [3.05, 3.63) is 0 Å². The lowest BCUT2D eigenvalue weighted by atomic mass is 9.54. The van der Waals surface area contributed by atoms with Gasteiger partial charge in [-0.1, -0.05) is 33.1 Å². The average molecular weight is 282 g/mol. The normalized spacial score (nSPS) is 40.9. The van der Waals surface area contributed by atoms with Crippen molar-refractivity contribution in [1.82, 2.24) is 0 Å². The quantitative estimate of drug-likeness (QED) is 0.830. The number of hydrogen-bond acceptors (Lipinski definition) is 2. The lowest BCUT2D eigenvalue weighted by Crippen LogP contribution is -2.49. The first-order valence-electron chi connectivity index (χ1n) is 7.93. The Morgan fingerprint density at radius 2 is 1.75 bits per heavy atom. The number of aliphatic carboxylic acids is 2. The molecule has 4 nitrogen and oxygen atoms in total. The molecule has 2 fully saturated rings. The number of carboxylic acid groups (broad SMARTS) is 2. The molecule has 0 bridgehead atoms. The van der Waals surface area contributed by atoms with Crippen molar-refractivity contribution >= 4 is 11.9 Å². The Bertz CT molecular complexity index is 379. The lowest BCUT2D eigenvalue weighted by molar-refractivity contribution is -0.160. The van der Waals surface area contributed by atoms with E-state index in [4.69, 9.17) is 0 Å². The Kier molecular flexibility index (Phi) is 4.71. The van der Waals surface area contributed by atoms with Gasteiger partial charge in [0.2, 0.25) is 0 Å². The molecular weight excluding hydrogens is 256 g/mol. The van der Waals surface area contributed by atoms with Crippen molar-refractivity contribution < 1.29 is 19.8 Å². The Morgan fingerprint density at radius 3 is 2.30 bits per heavy atom. The molecule has 0 spiro atoms. The van der Waals surface area contributed by atoms with E-state index in [0.717, 1.165) is 32.1 Å². The first-order chi connectivity index (χ1) is 9.47. The minimum absolute atomic E-state index is 0.0612. The third-order valence-electron chi connectivity index (χ3n) is 5.64. The van der Waals surface area contributed by atoms with E-state index in [2.05, 4.69) is 13.8 Å². The van der Waals surface area contributed by atoms with Gasteiger partial charge in [0.15, 0.2) is 0 Å². The van der Waals surface area contributed by atoms with Crippen LogP contribution in [0.2, 0.25) is 0 Å². The van der Waals surface area contributed by atoms with Crippen LogP contribution >= 0.6 is 0 Å². The molecule has 2 rings (SSSR count). The second-order valence-corrected chi connectivity index (χ2v) is 6.73. The summed E-state index contributed by atoms with van der Waals surface area (Å²) in [7, 11) is 0. The van der Waals surface area contributed by atoms with E-state index in [1.54, 1.807) is 0 Å². The van der Waals surface area contributed by atoms with Crippen LogP contribution < -0.4 is 0 Å². The van der Waals surface area contributed by atoms with Gasteiger partial charge in [-0.25, -0.2) is 0 Å². The van der Waals surface area contributed by atoms with Crippen molar-refractivity contribution in [3.8, 4) is 0 Å². The third-order valence-corrected chi connectivity index (χ3v) is 5.64. The molecule has 20 heavy (non-hydrogen) atoms. The van der Waals surface area contributed by atoms with E-state index in [9.17, 15) is 19.8 Å². The Balaban J connectivity index is 2.33. The Morgan fingerprint density at radius 1 is 1.10 bits per heavy atom. The first kappa shape index (κ1) is 15.3. The fraction of sp³-hybridized carbons (Fsp3) is 0.875. The van der Waals surface area contributed by atoms with Gasteiger partial charge in [-0.3, -0.25) is 9.59 Å². The van der Waals surface area contributed by atoms with Crippen LogP contribution in [0.15, 0.2) is 0 Å². The summed E-state index contributed by atoms with van der Waals surface area (Å²) < 4.78 is 0. The van der Waals surface area contributed by atoms with Crippen LogP contribution in [-0.4, -0.2) is 22.2 Å². The summed E-state index contributed by atoms with van der Waals surface area (Å²) >= 11 is 0. The van der Waals surface area contributed by atoms with Crippen LogP contribution in [0.25, 0.3) is 0 Å². The average Bonchev–Trinajstić information content (AvgIpc) is 2.40. The monoisotopic (exact) mass is 282 g/mol. The first-order valence-corrected chi connectivity index (χ1v) is 7.93. The molecule has 0 aromatic heterocycles. The van der Waals surface area contributed by atoms with Gasteiger partial charge in [-0.2, -0.15) is 0 Å².